The first-order valence-electron chi connectivity index (χ1n) is 5.83. The van der Waals surface area contributed by atoms with Crippen LogP contribution in [0.2, 0.25) is 0 Å². The molecule has 1 N–H and O–H groups in total. The molecule has 100 valence electrons. The Hall–Kier alpha value is -1.07. The Morgan fingerprint density at radius 2 is 2.22 bits per heavy atom. The van der Waals surface area contributed by atoms with Crippen LogP contribution in [0.25, 0.3) is 0 Å². The van der Waals surface area contributed by atoms with Crippen LogP contribution in [0.15, 0.2) is 22.7 Å². The topological polar surface area (TPSA) is 49.8 Å². The average Bonchev–Trinajstić information content (AvgIpc) is 2.28. The van der Waals surface area contributed by atoms with Gasteiger partial charge in [-0.25, -0.2) is 0 Å². The van der Waals surface area contributed by atoms with Gasteiger partial charge in [0, 0.05) is 6.54 Å². The maximum atomic E-state index is 10.8. The van der Waals surface area contributed by atoms with Crippen molar-refractivity contribution in [2.45, 2.75) is 19.9 Å². The molecule has 0 saturated heterocycles. The largest absolute Gasteiger partial charge is 0.496 e. The summed E-state index contributed by atoms with van der Waals surface area (Å²) < 4.78 is 6.05. The van der Waals surface area contributed by atoms with Crippen molar-refractivity contribution in [3.63, 3.8) is 0 Å². The van der Waals surface area contributed by atoms with Crippen LogP contribution in [0.3, 0.4) is 0 Å². The molecule has 5 heteroatoms. The molecule has 0 spiro atoms. The lowest BCUT2D eigenvalue weighted by Crippen LogP contribution is -2.30. The van der Waals surface area contributed by atoms with E-state index in [0.717, 1.165) is 28.8 Å². The van der Waals surface area contributed by atoms with E-state index in [1.807, 2.05) is 30.0 Å². The lowest BCUT2D eigenvalue weighted by Gasteiger charge is -2.19. The number of hydrogen-bond acceptors (Lipinski definition) is 3. The number of halogens is 1. The molecule has 1 aromatic carbocycles. The summed E-state index contributed by atoms with van der Waals surface area (Å²) >= 11 is 3.43. The number of aliphatic carboxylic acids is 1. The zero-order valence-electron chi connectivity index (χ0n) is 10.6. The van der Waals surface area contributed by atoms with Gasteiger partial charge in [0.15, 0.2) is 0 Å². The second-order valence-electron chi connectivity index (χ2n) is 4.07. The fourth-order valence-electron chi connectivity index (χ4n) is 1.79. The summed E-state index contributed by atoms with van der Waals surface area (Å²) in [6.45, 7) is 3.51. The Labute approximate surface area is 116 Å². The highest BCUT2D eigenvalue weighted by molar-refractivity contribution is 9.10. The molecule has 0 radical (unpaired) electrons. The van der Waals surface area contributed by atoms with Crippen molar-refractivity contribution in [1.82, 2.24) is 4.90 Å². The molecule has 1 aromatic rings. The molecule has 0 aliphatic heterocycles. The van der Waals surface area contributed by atoms with Gasteiger partial charge >= 0.3 is 5.97 Å². The van der Waals surface area contributed by atoms with Crippen molar-refractivity contribution in [3.05, 3.63) is 28.2 Å². The maximum absolute atomic E-state index is 10.8. The zero-order chi connectivity index (χ0) is 13.5. The minimum absolute atomic E-state index is 0.0670. The van der Waals surface area contributed by atoms with Crippen LogP contribution < -0.4 is 4.74 Å². The Kier molecular flexibility index (Phi) is 6.15. The predicted molar refractivity (Wildman–Crippen MR) is 73.9 cm³/mol. The molecule has 18 heavy (non-hydrogen) atoms. The standard InChI is InChI=1S/C13H18BrNO3/c1-3-6-15(9-13(16)17)8-10-4-5-12(18-2)11(14)7-10/h4-5,7H,3,6,8-9H2,1-2H3,(H,16,17). The van der Waals surface area contributed by atoms with E-state index >= 15 is 0 Å². The molecule has 0 aliphatic rings. The highest BCUT2D eigenvalue weighted by Crippen LogP contribution is 2.26. The third-order valence-corrected chi connectivity index (χ3v) is 3.14. The van der Waals surface area contributed by atoms with Crippen LogP contribution in [0, 0.1) is 0 Å². The van der Waals surface area contributed by atoms with Crippen LogP contribution in [-0.2, 0) is 11.3 Å². The Bertz CT molecular complexity index is 409. The van der Waals surface area contributed by atoms with Crippen molar-refractivity contribution in [3.8, 4) is 5.75 Å². The number of ether oxygens (including phenoxy) is 1. The number of carboxylic acids is 1. The van der Waals surface area contributed by atoms with Crippen molar-refractivity contribution >= 4 is 21.9 Å². The fraction of sp³-hybridized carbons (Fsp3) is 0.462. The monoisotopic (exact) mass is 315 g/mol. The van der Waals surface area contributed by atoms with E-state index in [4.69, 9.17) is 9.84 Å². The number of hydrogen-bond donors (Lipinski definition) is 1. The van der Waals surface area contributed by atoms with Crippen LogP contribution in [0.5, 0.6) is 5.75 Å². The minimum atomic E-state index is -0.795. The molecule has 0 saturated carbocycles. The van der Waals surface area contributed by atoms with Crippen molar-refractivity contribution in [2.75, 3.05) is 20.2 Å². The Morgan fingerprint density at radius 3 is 2.72 bits per heavy atom. The van der Waals surface area contributed by atoms with Gasteiger partial charge < -0.3 is 9.84 Å². The highest BCUT2D eigenvalue weighted by atomic mass is 79.9. The lowest BCUT2D eigenvalue weighted by molar-refractivity contribution is -0.138. The van der Waals surface area contributed by atoms with Crippen molar-refractivity contribution in [2.24, 2.45) is 0 Å². The summed E-state index contributed by atoms with van der Waals surface area (Å²) in [4.78, 5) is 12.7. The van der Waals surface area contributed by atoms with Gasteiger partial charge in [0.1, 0.15) is 5.75 Å². The predicted octanol–water partition coefficient (Wildman–Crippen LogP) is 2.75. The number of carbonyl (C=O) groups is 1. The number of methoxy groups -OCH3 is 1. The number of rotatable bonds is 7. The van der Waals surface area contributed by atoms with Gasteiger partial charge in [-0.3, -0.25) is 9.69 Å². The second kappa shape index (κ2) is 7.38. The van der Waals surface area contributed by atoms with E-state index in [9.17, 15) is 4.79 Å². The molecule has 0 aromatic heterocycles. The molecule has 0 aliphatic carbocycles. The van der Waals surface area contributed by atoms with Crippen molar-refractivity contribution < 1.29 is 14.6 Å². The first-order valence-corrected chi connectivity index (χ1v) is 6.62. The van der Waals surface area contributed by atoms with Gasteiger partial charge in [-0.2, -0.15) is 0 Å². The normalized spacial score (nSPS) is 10.7. The molecule has 0 unspecified atom stereocenters. The number of carboxylic acid groups (broad SMARTS) is 1. The first-order chi connectivity index (χ1) is 8.56. The van der Waals surface area contributed by atoms with E-state index in [-0.39, 0.29) is 6.54 Å². The van der Waals surface area contributed by atoms with E-state index in [1.54, 1.807) is 7.11 Å². The van der Waals surface area contributed by atoms with Crippen molar-refractivity contribution in [1.29, 1.82) is 0 Å². The molecule has 0 atom stereocenters. The van der Waals surface area contributed by atoms with Crippen LogP contribution in [0.1, 0.15) is 18.9 Å². The molecular formula is C13H18BrNO3. The van der Waals surface area contributed by atoms with E-state index in [2.05, 4.69) is 15.9 Å². The van der Waals surface area contributed by atoms with Gasteiger partial charge in [-0.15, -0.1) is 0 Å². The van der Waals surface area contributed by atoms with E-state index in [1.165, 1.54) is 0 Å². The maximum Gasteiger partial charge on any atom is 0.317 e. The molecule has 1 rings (SSSR count). The van der Waals surface area contributed by atoms with Gasteiger partial charge in [0.25, 0.3) is 0 Å². The van der Waals surface area contributed by atoms with Gasteiger partial charge in [0.05, 0.1) is 18.1 Å². The molecule has 0 heterocycles. The quantitative estimate of drug-likeness (QED) is 0.840. The third kappa shape index (κ3) is 4.66. The molecule has 4 nitrogen and oxygen atoms in total. The molecule has 0 fully saturated rings. The molecule has 0 amide bonds. The number of benzene rings is 1. The summed E-state index contributed by atoms with van der Waals surface area (Å²) in [5.74, 6) is -0.0185. The average molecular weight is 316 g/mol. The van der Waals surface area contributed by atoms with Gasteiger partial charge in [-0.05, 0) is 46.6 Å². The summed E-state index contributed by atoms with van der Waals surface area (Å²) in [6.07, 6.45) is 0.935. The summed E-state index contributed by atoms with van der Waals surface area (Å²) in [6, 6.07) is 5.79. The lowest BCUT2D eigenvalue weighted by atomic mass is 10.2. The second-order valence-corrected chi connectivity index (χ2v) is 4.93. The fourth-order valence-corrected chi connectivity index (χ4v) is 2.38. The van der Waals surface area contributed by atoms with Crippen LogP contribution in [-0.4, -0.2) is 36.2 Å². The van der Waals surface area contributed by atoms with Gasteiger partial charge in [-0.1, -0.05) is 13.0 Å². The Morgan fingerprint density at radius 1 is 1.50 bits per heavy atom. The smallest absolute Gasteiger partial charge is 0.317 e. The zero-order valence-corrected chi connectivity index (χ0v) is 12.2. The van der Waals surface area contributed by atoms with Gasteiger partial charge in [0.2, 0.25) is 0 Å². The summed E-state index contributed by atoms with van der Waals surface area (Å²) in [5.41, 5.74) is 1.07. The van der Waals surface area contributed by atoms with Crippen LogP contribution in [0.4, 0.5) is 0 Å². The van der Waals surface area contributed by atoms with E-state index in [0.29, 0.717) is 6.54 Å². The number of nitrogens with zero attached hydrogens (tertiary/aromatic N) is 1. The minimum Gasteiger partial charge on any atom is -0.496 e. The highest BCUT2D eigenvalue weighted by Gasteiger charge is 2.10. The molecular weight excluding hydrogens is 298 g/mol. The first kappa shape index (κ1) is 15.0. The molecule has 0 bridgehead atoms. The van der Waals surface area contributed by atoms with E-state index < -0.39 is 5.97 Å². The SMILES string of the molecule is CCCN(CC(=O)O)Cc1ccc(OC)c(Br)c1. The Balaban J connectivity index is 2.73. The summed E-state index contributed by atoms with van der Waals surface area (Å²) in [5, 5.41) is 8.85. The van der Waals surface area contributed by atoms with Crippen LogP contribution >= 0.6 is 15.9 Å². The third-order valence-electron chi connectivity index (χ3n) is 2.52. The summed E-state index contributed by atoms with van der Waals surface area (Å²) in [7, 11) is 1.62.